The van der Waals surface area contributed by atoms with Gasteiger partial charge in [0.25, 0.3) is 0 Å². The Morgan fingerprint density at radius 3 is 2.07 bits per heavy atom. The molecule has 1 aromatic heterocycles. The summed E-state index contributed by atoms with van der Waals surface area (Å²) < 4.78 is 5.95. The summed E-state index contributed by atoms with van der Waals surface area (Å²) in [6.45, 7) is 12.4. The van der Waals surface area contributed by atoms with E-state index >= 15 is 0 Å². The molecule has 254 valence electrons. The van der Waals surface area contributed by atoms with E-state index in [2.05, 4.69) is 16.5 Å². The van der Waals surface area contributed by atoms with Gasteiger partial charge < -0.3 is 29.7 Å². The third kappa shape index (κ3) is 6.77. The molecule has 6 fully saturated rings. The van der Waals surface area contributed by atoms with Crippen molar-refractivity contribution in [1.82, 2.24) is 19.7 Å². The summed E-state index contributed by atoms with van der Waals surface area (Å²) in [5, 5.41) is 21.3. The molecule has 1 aromatic rings. The lowest BCUT2D eigenvalue weighted by Gasteiger charge is -2.57. The zero-order valence-electron chi connectivity index (χ0n) is 28.3. The summed E-state index contributed by atoms with van der Waals surface area (Å²) in [6, 6.07) is 1.66. The van der Waals surface area contributed by atoms with Crippen molar-refractivity contribution in [3.05, 3.63) is 36.2 Å². The van der Waals surface area contributed by atoms with Gasteiger partial charge in [0.2, 0.25) is 5.91 Å². The van der Waals surface area contributed by atoms with Crippen LogP contribution in [0.4, 0.5) is 4.79 Å². The Hall–Kier alpha value is -2.78. The van der Waals surface area contributed by atoms with Crippen LogP contribution in [0.15, 0.2) is 24.9 Å². The fourth-order valence-corrected chi connectivity index (χ4v) is 10.1. The average molecular weight is 637 g/mol. The lowest BCUT2D eigenvalue weighted by atomic mass is 9.49. The quantitative estimate of drug-likeness (QED) is 0.225. The Labute approximate surface area is 275 Å². The first-order chi connectivity index (χ1) is 22.1. The minimum atomic E-state index is -1.03. The highest BCUT2D eigenvalue weighted by atomic mass is 16.5. The Balaban J connectivity index is 0.955. The Bertz CT molecular complexity index is 1250. The molecule has 7 rings (SSSR count). The molecule has 2 aliphatic heterocycles. The number of aliphatic hydroxyl groups excluding tert-OH is 2. The van der Waals surface area contributed by atoms with Gasteiger partial charge in [-0.3, -0.25) is 9.69 Å². The van der Waals surface area contributed by atoms with Gasteiger partial charge in [0, 0.05) is 37.9 Å². The maximum absolute atomic E-state index is 13.9. The number of nitrogens with one attached hydrogen (secondary N) is 1. The number of likely N-dealkylation sites (tertiary alicyclic amines) is 2. The Morgan fingerprint density at radius 1 is 1.02 bits per heavy atom. The van der Waals surface area contributed by atoms with Crippen molar-refractivity contribution in [2.45, 2.75) is 97.3 Å². The molecular formula is C37H56N4O5. The van der Waals surface area contributed by atoms with Crippen molar-refractivity contribution in [3.8, 4) is 0 Å². The number of urea groups is 1. The summed E-state index contributed by atoms with van der Waals surface area (Å²) in [5.41, 5.74) is 2.58. The van der Waals surface area contributed by atoms with Gasteiger partial charge in [-0.1, -0.05) is 6.58 Å². The predicted octanol–water partition coefficient (Wildman–Crippen LogP) is 5.71. The molecule has 0 aromatic carbocycles. The summed E-state index contributed by atoms with van der Waals surface area (Å²) in [4.78, 5) is 35.9. The minimum Gasteiger partial charge on any atom is -0.490 e. The third-order valence-electron chi connectivity index (χ3n) is 12.0. The number of hydrogen-bond acceptors (Lipinski definition) is 5. The molecule has 4 bridgehead atoms. The smallest absolute Gasteiger partial charge is 0.322 e. The molecule has 4 saturated carbocycles. The third-order valence-corrected chi connectivity index (χ3v) is 12.0. The molecule has 3 heterocycles. The molecule has 9 nitrogen and oxygen atoms in total. The normalized spacial score (nSPS) is 29.9. The maximum atomic E-state index is 13.9. The molecule has 0 spiro atoms. The first-order valence-electron chi connectivity index (χ1n) is 17.9. The second kappa shape index (κ2) is 13.8. The molecule has 3 N–H and O–H groups in total. The predicted molar refractivity (Wildman–Crippen MR) is 179 cm³/mol. The van der Waals surface area contributed by atoms with Crippen LogP contribution in [0.2, 0.25) is 0 Å². The van der Waals surface area contributed by atoms with E-state index in [1.165, 1.54) is 24.2 Å². The van der Waals surface area contributed by atoms with Gasteiger partial charge in [0.05, 0.1) is 17.7 Å². The first-order valence-corrected chi connectivity index (χ1v) is 17.9. The fourth-order valence-electron chi connectivity index (χ4n) is 10.1. The SMILES string of the molecule is C=C(C)c1[nH]ccc1/C(=C\C)OCC(O)CN(C(=O)N1CCC(C2CCN(C(=O)C34CC5CC(CC(C5)C3)C4)CC2)CC1)C(C)O. The van der Waals surface area contributed by atoms with Gasteiger partial charge in [-0.2, -0.15) is 0 Å². The number of hydrogen-bond donors (Lipinski definition) is 3. The molecule has 6 aliphatic rings. The van der Waals surface area contributed by atoms with Crippen LogP contribution in [0.5, 0.6) is 0 Å². The van der Waals surface area contributed by atoms with Gasteiger partial charge >= 0.3 is 6.03 Å². The van der Waals surface area contributed by atoms with Crippen LogP contribution in [0.25, 0.3) is 11.3 Å². The van der Waals surface area contributed by atoms with Crippen LogP contribution in [0, 0.1) is 35.0 Å². The van der Waals surface area contributed by atoms with Crippen LogP contribution < -0.4 is 0 Å². The van der Waals surface area contributed by atoms with Crippen LogP contribution in [0.1, 0.15) is 96.2 Å². The molecule has 2 unspecified atom stereocenters. The van der Waals surface area contributed by atoms with E-state index in [1.54, 1.807) is 6.92 Å². The Morgan fingerprint density at radius 2 is 1.57 bits per heavy atom. The molecule has 4 aliphatic carbocycles. The van der Waals surface area contributed by atoms with Crippen molar-refractivity contribution in [1.29, 1.82) is 0 Å². The highest BCUT2D eigenvalue weighted by Crippen LogP contribution is 2.60. The summed E-state index contributed by atoms with van der Waals surface area (Å²) in [5.74, 6) is 4.61. The average Bonchev–Trinajstić information content (AvgIpc) is 3.53. The first kappa shape index (κ1) is 33.1. The summed E-state index contributed by atoms with van der Waals surface area (Å²) in [6.07, 6.45) is 13.2. The lowest BCUT2D eigenvalue weighted by Crippen LogP contribution is -2.56. The largest absolute Gasteiger partial charge is 0.490 e. The standard InChI is InChI=1S/C37H56N4O5/c1-5-33(32-6-11-38-34(32)24(2)3)46-23-31(43)22-41(25(4)42)36(45)40-14-9-30(10-15-40)29-7-12-39(13-8-29)35(44)37-19-26-16-27(20-37)18-28(17-26)21-37/h5-6,11,25-31,38,42-43H,2,7-10,12-23H2,1,3-4H3/b33-5+. The number of aliphatic hydroxyl groups is 2. The minimum absolute atomic E-state index is 0.0108. The van der Waals surface area contributed by atoms with E-state index in [-0.39, 0.29) is 24.6 Å². The van der Waals surface area contributed by atoms with Crippen molar-refractivity contribution < 1.29 is 24.5 Å². The van der Waals surface area contributed by atoms with Crippen molar-refractivity contribution in [2.75, 3.05) is 39.3 Å². The van der Waals surface area contributed by atoms with E-state index in [0.29, 0.717) is 36.6 Å². The van der Waals surface area contributed by atoms with Crippen LogP contribution >= 0.6 is 0 Å². The number of aromatic amines is 1. The highest BCUT2D eigenvalue weighted by molar-refractivity contribution is 5.83. The number of carbonyl (C=O) groups is 2. The molecule has 2 atom stereocenters. The van der Waals surface area contributed by atoms with E-state index in [9.17, 15) is 19.8 Å². The number of ether oxygens (including phenoxy) is 1. The number of aromatic nitrogens is 1. The van der Waals surface area contributed by atoms with E-state index in [0.717, 1.165) is 92.6 Å². The number of nitrogens with zero attached hydrogens (tertiary/aromatic N) is 3. The van der Waals surface area contributed by atoms with E-state index in [1.807, 2.05) is 37.1 Å². The second-order valence-corrected chi connectivity index (χ2v) is 15.4. The topological polar surface area (TPSA) is 109 Å². The van der Waals surface area contributed by atoms with Crippen LogP contribution in [0.3, 0.4) is 0 Å². The van der Waals surface area contributed by atoms with Crippen molar-refractivity contribution in [2.24, 2.45) is 35.0 Å². The van der Waals surface area contributed by atoms with Gasteiger partial charge in [0.15, 0.2) is 0 Å². The van der Waals surface area contributed by atoms with Gasteiger partial charge in [-0.05, 0) is 132 Å². The van der Waals surface area contributed by atoms with E-state index in [4.69, 9.17) is 4.74 Å². The molecule has 2 saturated heterocycles. The molecule has 9 heteroatoms. The van der Waals surface area contributed by atoms with Gasteiger partial charge in [0.1, 0.15) is 24.7 Å². The molecule has 0 radical (unpaired) electrons. The fraction of sp³-hybridized carbons (Fsp3) is 0.730. The van der Waals surface area contributed by atoms with Crippen molar-refractivity contribution >= 4 is 23.3 Å². The van der Waals surface area contributed by atoms with Crippen LogP contribution in [-0.2, 0) is 9.53 Å². The monoisotopic (exact) mass is 636 g/mol. The zero-order valence-corrected chi connectivity index (χ0v) is 28.3. The highest BCUT2D eigenvalue weighted by Gasteiger charge is 2.55. The molecular weight excluding hydrogens is 580 g/mol. The number of carbonyl (C=O) groups excluding carboxylic acids is 2. The van der Waals surface area contributed by atoms with Gasteiger partial charge in [-0.25, -0.2) is 4.79 Å². The van der Waals surface area contributed by atoms with Crippen LogP contribution in [-0.4, -0.2) is 93.5 Å². The molecule has 46 heavy (non-hydrogen) atoms. The van der Waals surface area contributed by atoms with Gasteiger partial charge in [-0.15, -0.1) is 0 Å². The lowest BCUT2D eigenvalue weighted by molar-refractivity contribution is -0.159. The molecule has 3 amide bonds. The second-order valence-electron chi connectivity index (χ2n) is 15.4. The summed E-state index contributed by atoms with van der Waals surface area (Å²) >= 11 is 0. The number of amides is 3. The number of piperidine rings is 2. The number of allylic oxidation sites excluding steroid dienone is 2. The van der Waals surface area contributed by atoms with Crippen molar-refractivity contribution in [3.63, 3.8) is 0 Å². The maximum Gasteiger partial charge on any atom is 0.322 e. The number of rotatable bonds is 10. The Kier molecular flexibility index (Phi) is 9.91. The van der Waals surface area contributed by atoms with E-state index < -0.39 is 12.3 Å². The number of H-pyrrole nitrogens is 1. The summed E-state index contributed by atoms with van der Waals surface area (Å²) in [7, 11) is 0. The zero-order chi connectivity index (χ0) is 32.6.